The zero-order valence-electron chi connectivity index (χ0n) is 17.6. The highest BCUT2D eigenvalue weighted by atomic mass is 35.5. The number of esters is 1. The van der Waals surface area contributed by atoms with Crippen LogP contribution in [0.2, 0.25) is 5.02 Å². The molecule has 1 saturated heterocycles. The number of piperidine rings is 1. The van der Waals surface area contributed by atoms with Gasteiger partial charge in [-0.25, -0.2) is 13.2 Å². The van der Waals surface area contributed by atoms with Crippen LogP contribution in [-0.4, -0.2) is 56.4 Å². The minimum atomic E-state index is -3.36. The number of hydrogen-bond acceptors (Lipinski definition) is 6. The maximum atomic E-state index is 12.8. The van der Waals surface area contributed by atoms with Crippen molar-refractivity contribution in [3.05, 3.63) is 58.3 Å². The number of carbonyl (C=O) groups is 1. The quantitative estimate of drug-likeness (QED) is 0.695. The predicted octanol–water partition coefficient (Wildman–Crippen LogP) is 4.01. The predicted molar refractivity (Wildman–Crippen MR) is 120 cm³/mol. The number of carbonyl (C=O) groups excluding carboxylic acids is 1. The van der Waals surface area contributed by atoms with Crippen LogP contribution in [-0.2, 0) is 19.4 Å². The molecule has 1 N–H and O–H groups in total. The van der Waals surface area contributed by atoms with Gasteiger partial charge >= 0.3 is 5.97 Å². The standard InChI is InChI=1S/C23H24ClNO5S/c1-14-10-18(15-6-4-7-16(11-15)31(3,28)29)19(24)12-17(14)20-21(26)23(30-22(20)27)8-5-9-25(2)13-23/h4,6-7,10-12,26H,5,8-9,13H2,1-3H3. The molecule has 8 heteroatoms. The van der Waals surface area contributed by atoms with Crippen molar-refractivity contribution in [2.75, 3.05) is 26.4 Å². The number of aryl methyl sites for hydroxylation is 1. The topological polar surface area (TPSA) is 83.9 Å². The van der Waals surface area contributed by atoms with Crippen LogP contribution >= 0.6 is 11.6 Å². The summed E-state index contributed by atoms with van der Waals surface area (Å²) in [6, 6.07) is 9.98. The first-order valence-electron chi connectivity index (χ1n) is 9.98. The van der Waals surface area contributed by atoms with E-state index in [4.69, 9.17) is 16.3 Å². The number of aliphatic hydroxyl groups is 1. The lowest BCUT2D eigenvalue weighted by molar-refractivity contribution is -0.151. The largest absolute Gasteiger partial charge is 0.507 e. The summed E-state index contributed by atoms with van der Waals surface area (Å²) >= 11 is 6.56. The molecule has 2 heterocycles. The maximum absolute atomic E-state index is 12.8. The lowest BCUT2D eigenvalue weighted by atomic mass is 9.88. The molecule has 0 amide bonds. The van der Waals surface area contributed by atoms with Crippen LogP contribution in [0.1, 0.15) is 24.0 Å². The molecular formula is C23H24ClNO5S. The summed E-state index contributed by atoms with van der Waals surface area (Å²) in [6.45, 7) is 3.15. The lowest BCUT2D eigenvalue weighted by Gasteiger charge is -2.37. The van der Waals surface area contributed by atoms with Crippen molar-refractivity contribution < 1.29 is 23.1 Å². The fraction of sp³-hybridized carbons (Fsp3) is 0.348. The van der Waals surface area contributed by atoms with E-state index in [0.717, 1.165) is 24.8 Å². The van der Waals surface area contributed by atoms with Gasteiger partial charge in [0.25, 0.3) is 0 Å². The van der Waals surface area contributed by atoms with Crippen molar-refractivity contribution in [1.29, 1.82) is 0 Å². The van der Waals surface area contributed by atoms with Crippen LogP contribution in [0.25, 0.3) is 16.7 Å². The van der Waals surface area contributed by atoms with Gasteiger partial charge in [0.05, 0.1) is 4.90 Å². The smallest absolute Gasteiger partial charge is 0.343 e. The second kappa shape index (κ2) is 7.65. The summed E-state index contributed by atoms with van der Waals surface area (Å²) in [6.07, 6.45) is 2.54. The first kappa shape index (κ1) is 21.9. The van der Waals surface area contributed by atoms with Crippen molar-refractivity contribution in [3.63, 3.8) is 0 Å². The van der Waals surface area contributed by atoms with Gasteiger partial charge in [0.15, 0.2) is 21.2 Å². The van der Waals surface area contributed by atoms with E-state index in [-0.39, 0.29) is 16.2 Å². The van der Waals surface area contributed by atoms with E-state index < -0.39 is 21.4 Å². The highest BCUT2D eigenvalue weighted by Gasteiger charge is 2.50. The maximum Gasteiger partial charge on any atom is 0.343 e. The number of aliphatic hydroxyl groups excluding tert-OH is 1. The van der Waals surface area contributed by atoms with E-state index in [2.05, 4.69) is 0 Å². The Balaban J connectivity index is 1.80. The van der Waals surface area contributed by atoms with E-state index in [1.807, 2.05) is 18.9 Å². The highest BCUT2D eigenvalue weighted by Crippen LogP contribution is 2.44. The number of halogens is 1. The molecular weight excluding hydrogens is 438 g/mol. The Morgan fingerprint density at radius 3 is 2.61 bits per heavy atom. The van der Waals surface area contributed by atoms with Gasteiger partial charge in [-0.1, -0.05) is 23.7 Å². The molecule has 1 unspecified atom stereocenters. The molecule has 4 rings (SSSR count). The molecule has 164 valence electrons. The summed E-state index contributed by atoms with van der Waals surface area (Å²) in [5, 5.41) is 11.4. The molecule has 0 radical (unpaired) electrons. The van der Waals surface area contributed by atoms with Crippen molar-refractivity contribution in [1.82, 2.24) is 4.90 Å². The Morgan fingerprint density at radius 2 is 1.94 bits per heavy atom. The zero-order valence-corrected chi connectivity index (χ0v) is 19.2. The molecule has 2 aliphatic heterocycles. The average molecular weight is 462 g/mol. The number of sulfone groups is 1. The fourth-order valence-corrected chi connectivity index (χ4v) is 5.35. The third-order valence-electron chi connectivity index (χ3n) is 5.96. The Morgan fingerprint density at radius 1 is 1.19 bits per heavy atom. The summed E-state index contributed by atoms with van der Waals surface area (Å²) < 4.78 is 29.5. The molecule has 0 bridgehead atoms. The Kier molecular flexibility index (Phi) is 5.40. The molecule has 0 aromatic heterocycles. The van der Waals surface area contributed by atoms with Crippen LogP contribution in [0, 0.1) is 6.92 Å². The molecule has 0 saturated carbocycles. The molecule has 2 aromatic carbocycles. The third-order valence-corrected chi connectivity index (χ3v) is 7.39. The molecule has 6 nitrogen and oxygen atoms in total. The van der Waals surface area contributed by atoms with Crippen LogP contribution in [0.5, 0.6) is 0 Å². The molecule has 1 spiro atoms. The van der Waals surface area contributed by atoms with Gasteiger partial charge < -0.3 is 14.7 Å². The van der Waals surface area contributed by atoms with E-state index in [0.29, 0.717) is 34.7 Å². The molecule has 2 aromatic rings. The van der Waals surface area contributed by atoms with Crippen molar-refractivity contribution in [2.45, 2.75) is 30.3 Å². The number of ether oxygens (including phenoxy) is 1. The summed E-state index contributed by atoms with van der Waals surface area (Å²) in [7, 11) is -1.43. The second-order valence-electron chi connectivity index (χ2n) is 8.40. The van der Waals surface area contributed by atoms with E-state index in [9.17, 15) is 18.3 Å². The number of likely N-dealkylation sites (N-methyl/N-ethyl adjacent to an activating group) is 1. The van der Waals surface area contributed by atoms with Crippen LogP contribution in [0.3, 0.4) is 0 Å². The molecule has 1 atom stereocenters. The Bertz CT molecular complexity index is 1220. The first-order valence-corrected chi connectivity index (χ1v) is 12.3. The Hall–Kier alpha value is -2.35. The van der Waals surface area contributed by atoms with Gasteiger partial charge in [-0.15, -0.1) is 0 Å². The summed E-state index contributed by atoms with van der Waals surface area (Å²) in [5.41, 5.74) is 1.67. The zero-order chi connectivity index (χ0) is 22.6. The van der Waals surface area contributed by atoms with Crippen LogP contribution in [0.15, 0.2) is 47.1 Å². The molecule has 1 fully saturated rings. The number of benzene rings is 2. The van der Waals surface area contributed by atoms with E-state index in [1.165, 1.54) is 6.07 Å². The van der Waals surface area contributed by atoms with Crippen molar-refractivity contribution in [3.8, 4) is 11.1 Å². The molecule has 31 heavy (non-hydrogen) atoms. The average Bonchev–Trinajstić information content (AvgIpc) is 2.92. The lowest BCUT2D eigenvalue weighted by Crippen LogP contribution is -2.48. The monoisotopic (exact) mass is 461 g/mol. The van der Waals surface area contributed by atoms with E-state index >= 15 is 0 Å². The number of likely N-dealkylation sites (tertiary alicyclic amines) is 1. The van der Waals surface area contributed by atoms with E-state index in [1.54, 1.807) is 30.3 Å². The van der Waals surface area contributed by atoms with Gasteiger partial charge in [-0.3, -0.25) is 0 Å². The van der Waals surface area contributed by atoms with Crippen molar-refractivity contribution >= 4 is 33.0 Å². The first-order chi connectivity index (χ1) is 14.5. The van der Waals surface area contributed by atoms with Gasteiger partial charge in [0.1, 0.15) is 5.57 Å². The van der Waals surface area contributed by atoms with Gasteiger partial charge in [-0.05, 0) is 74.3 Å². The second-order valence-corrected chi connectivity index (χ2v) is 10.8. The SMILES string of the molecule is Cc1cc(-c2cccc(S(C)(=O)=O)c2)c(Cl)cc1C1=C(O)C2(CCCN(C)C2)OC1=O. The highest BCUT2D eigenvalue weighted by molar-refractivity contribution is 7.90. The normalized spacial score (nSPS) is 22.3. The summed E-state index contributed by atoms with van der Waals surface area (Å²) in [4.78, 5) is 15.0. The molecule has 2 aliphatic rings. The minimum Gasteiger partial charge on any atom is -0.507 e. The van der Waals surface area contributed by atoms with Crippen LogP contribution < -0.4 is 0 Å². The van der Waals surface area contributed by atoms with Gasteiger partial charge in [0, 0.05) is 23.4 Å². The number of nitrogens with zero attached hydrogens (tertiary/aromatic N) is 1. The van der Waals surface area contributed by atoms with Gasteiger partial charge in [-0.2, -0.15) is 0 Å². The summed E-state index contributed by atoms with van der Waals surface area (Å²) in [5.74, 6) is -0.603. The van der Waals surface area contributed by atoms with Gasteiger partial charge in [0.2, 0.25) is 0 Å². The number of rotatable bonds is 3. The van der Waals surface area contributed by atoms with Crippen molar-refractivity contribution in [2.24, 2.45) is 0 Å². The Labute approximate surface area is 187 Å². The fourth-order valence-electron chi connectivity index (χ4n) is 4.41. The number of hydrogen-bond donors (Lipinski definition) is 1. The third kappa shape index (κ3) is 3.86. The molecule has 0 aliphatic carbocycles. The van der Waals surface area contributed by atoms with Crippen LogP contribution in [0.4, 0.5) is 0 Å². The minimum absolute atomic E-state index is 0.0463.